The van der Waals surface area contributed by atoms with Crippen molar-refractivity contribution in [3.63, 3.8) is 0 Å². The summed E-state index contributed by atoms with van der Waals surface area (Å²) in [6.45, 7) is 0. The summed E-state index contributed by atoms with van der Waals surface area (Å²) >= 11 is 1.33. The molecule has 1 amide bonds. The largest absolute Gasteiger partial charge is 0.483 e. The van der Waals surface area contributed by atoms with Gasteiger partial charge in [-0.1, -0.05) is 11.2 Å². The van der Waals surface area contributed by atoms with E-state index in [-0.39, 0.29) is 35.1 Å². The Morgan fingerprint density at radius 1 is 1.52 bits per heavy atom. The molecule has 128 valence electrons. The molecule has 1 aromatic carbocycles. The number of carbonyl (C=O) groups excluding carboxylic acids is 1. The first-order valence-electron chi connectivity index (χ1n) is 7.28. The van der Waals surface area contributed by atoms with E-state index in [1.165, 1.54) is 29.5 Å². The second-order valence-electron chi connectivity index (χ2n) is 5.31. The highest BCUT2D eigenvalue weighted by Gasteiger charge is 2.37. The number of thiazole rings is 1. The van der Waals surface area contributed by atoms with Gasteiger partial charge in [-0.25, -0.2) is 4.98 Å². The summed E-state index contributed by atoms with van der Waals surface area (Å²) < 4.78 is 5.63. The van der Waals surface area contributed by atoms with Crippen LogP contribution in [0.4, 0.5) is 16.5 Å². The van der Waals surface area contributed by atoms with Crippen molar-refractivity contribution in [1.29, 1.82) is 0 Å². The van der Waals surface area contributed by atoms with Crippen LogP contribution in [0.2, 0.25) is 0 Å². The average molecular weight is 360 g/mol. The molecule has 0 atom stereocenters. The van der Waals surface area contributed by atoms with E-state index < -0.39 is 4.92 Å². The van der Waals surface area contributed by atoms with Gasteiger partial charge >= 0.3 is 5.69 Å². The summed E-state index contributed by atoms with van der Waals surface area (Å²) in [7, 11) is 0. The van der Waals surface area contributed by atoms with E-state index >= 15 is 0 Å². The van der Waals surface area contributed by atoms with Crippen LogP contribution in [0.25, 0.3) is 10.4 Å². The number of anilines is 1. The number of rotatable bonds is 6. The molecule has 3 rings (SSSR count). The minimum absolute atomic E-state index is 0.0266. The second-order valence-corrected chi connectivity index (χ2v) is 6.20. The molecule has 0 radical (unpaired) electrons. The van der Waals surface area contributed by atoms with Crippen molar-refractivity contribution < 1.29 is 14.5 Å². The number of hydrogen-bond donors (Lipinski definition) is 1. The monoisotopic (exact) mass is 360 g/mol. The lowest BCUT2D eigenvalue weighted by Gasteiger charge is -2.33. The summed E-state index contributed by atoms with van der Waals surface area (Å²) in [5.41, 5.74) is 8.02. The topological polar surface area (TPSA) is 143 Å². The van der Waals surface area contributed by atoms with E-state index in [1.54, 1.807) is 11.6 Å². The molecule has 1 saturated carbocycles. The maximum atomic E-state index is 12.0. The molecular weight excluding hydrogens is 348 g/mol. The Morgan fingerprint density at radius 3 is 2.96 bits per heavy atom. The van der Waals surface area contributed by atoms with Gasteiger partial charge in [-0.05, 0) is 30.5 Å². The number of nitro benzene ring substituents is 1. The Labute approximate surface area is 145 Å². The van der Waals surface area contributed by atoms with E-state index in [9.17, 15) is 14.9 Å². The lowest BCUT2D eigenvalue weighted by atomic mass is 9.81. The molecule has 25 heavy (non-hydrogen) atoms. The van der Waals surface area contributed by atoms with Gasteiger partial charge in [-0.15, -0.1) is 11.3 Å². The Kier molecular flexibility index (Phi) is 4.78. The Balaban J connectivity index is 1.63. The zero-order valence-corrected chi connectivity index (χ0v) is 13.5. The molecule has 1 N–H and O–H groups in total. The van der Waals surface area contributed by atoms with Crippen LogP contribution in [0.3, 0.4) is 0 Å². The van der Waals surface area contributed by atoms with Crippen LogP contribution in [0.5, 0.6) is 5.75 Å². The number of nitrogens with zero attached hydrogens (tertiary/aromatic N) is 5. The van der Waals surface area contributed by atoms with Crippen molar-refractivity contribution in [1.82, 2.24) is 4.98 Å². The summed E-state index contributed by atoms with van der Waals surface area (Å²) in [5, 5.41) is 19.6. The zero-order chi connectivity index (χ0) is 17.8. The van der Waals surface area contributed by atoms with Crippen LogP contribution in [0, 0.1) is 16.0 Å². The van der Waals surface area contributed by atoms with Gasteiger partial charge in [0, 0.05) is 22.4 Å². The number of carbonyl (C=O) groups is 1. The number of hydrogen-bond acceptors (Lipinski definition) is 7. The number of para-hydroxylation sites is 1. The van der Waals surface area contributed by atoms with Gasteiger partial charge in [-0.3, -0.25) is 14.9 Å². The average Bonchev–Trinajstić information content (AvgIpc) is 3.03. The number of benzene rings is 1. The molecule has 10 nitrogen and oxygen atoms in total. The predicted molar refractivity (Wildman–Crippen MR) is 89.8 cm³/mol. The summed E-state index contributed by atoms with van der Waals surface area (Å²) in [6.07, 6.45) is 2.18. The van der Waals surface area contributed by atoms with E-state index in [0.717, 1.165) is 0 Å². The molecular formula is C14H12N6O4S. The smallest absolute Gasteiger partial charge is 0.320 e. The van der Waals surface area contributed by atoms with Crippen molar-refractivity contribution in [2.75, 3.05) is 5.32 Å². The van der Waals surface area contributed by atoms with Crippen molar-refractivity contribution >= 4 is 33.8 Å². The lowest BCUT2D eigenvalue weighted by molar-refractivity contribution is -0.385. The molecule has 0 saturated heterocycles. The summed E-state index contributed by atoms with van der Waals surface area (Å²) in [5.74, 6) is -0.348. The van der Waals surface area contributed by atoms with Crippen molar-refractivity contribution in [3.8, 4) is 5.75 Å². The first-order valence-corrected chi connectivity index (χ1v) is 8.16. The Hall–Kier alpha value is -3.17. The standard InChI is InChI=1S/C14H12N6O4S/c15-19-18-10-2-1-3-11(12(10)20(22)23)24-9-6-8(7-9)13(21)17-14-16-4-5-25-14/h1-5,8-9H,6-7H2,(H,16,17,21). The first-order chi connectivity index (χ1) is 12.1. The number of nitrogens with one attached hydrogen (secondary N) is 1. The zero-order valence-electron chi connectivity index (χ0n) is 12.7. The number of nitro groups is 1. The van der Waals surface area contributed by atoms with Crippen LogP contribution in [-0.4, -0.2) is 21.9 Å². The van der Waals surface area contributed by atoms with Gasteiger partial charge < -0.3 is 10.1 Å². The number of amides is 1. The fourth-order valence-corrected chi connectivity index (χ4v) is 3.00. The lowest BCUT2D eigenvalue weighted by Crippen LogP contribution is -2.40. The van der Waals surface area contributed by atoms with Crippen molar-refractivity contribution in [2.24, 2.45) is 11.0 Å². The molecule has 0 spiro atoms. The van der Waals surface area contributed by atoms with Crippen molar-refractivity contribution in [2.45, 2.75) is 18.9 Å². The third-order valence-electron chi connectivity index (χ3n) is 3.73. The summed E-state index contributed by atoms with van der Waals surface area (Å²) in [4.78, 5) is 29.2. The molecule has 1 fully saturated rings. The highest BCUT2D eigenvalue weighted by Crippen LogP contribution is 2.40. The van der Waals surface area contributed by atoms with Gasteiger partial charge in [0.25, 0.3) is 0 Å². The Bertz CT molecular complexity index is 843. The minimum Gasteiger partial charge on any atom is -0.483 e. The fraction of sp³-hybridized carbons (Fsp3) is 0.286. The van der Waals surface area contributed by atoms with Gasteiger partial charge in [0.05, 0.1) is 4.92 Å². The van der Waals surface area contributed by atoms with Crippen LogP contribution >= 0.6 is 11.3 Å². The highest BCUT2D eigenvalue weighted by atomic mass is 32.1. The molecule has 1 heterocycles. The fourth-order valence-electron chi connectivity index (χ4n) is 2.47. The van der Waals surface area contributed by atoms with Gasteiger partial charge in [0.2, 0.25) is 5.91 Å². The third-order valence-corrected chi connectivity index (χ3v) is 4.42. The van der Waals surface area contributed by atoms with Crippen LogP contribution in [0.15, 0.2) is 34.9 Å². The molecule has 11 heteroatoms. The van der Waals surface area contributed by atoms with E-state index in [1.807, 2.05) is 0 Å². The third kappa shape index (κ3) is 3.67. The Morgan fingerprint density at radius 2 is 2.32 bits per heavy atom. The van der Waals surface area contributed by atoms with E-state index in [0.29, 0.717) is 18.0 Å². The van der Waals surface area contributed by atoms with E-state index in [2.05, 4.69) is 20.3 Å². The number of azide groups is 1. The molecule has 1 aliphatic carbocycles. The quantitative estimate of drug-likeness (QED) is 0.274. The van der Waals surface area contributed by atoms with Crippen LogP contribution in [-0.2, 0) is 4.79 Å². The second kappa shape index (κ2) is 7.16. The number of aromatic nitrogens is 1. The van der Waals surface area contributed by atoms with E-state index in [4.69, 9.17) is 10.3 Å². The van der Waals surface area contributed by atoms with Crippen LogP contribution in [0.1, 0.15) is 12.8 Å². The highest BCUT2D eigenvalue weighted by molar-refractivity contribution is 7.13. The first kappa shape index (κ1) is 16.7. The molecule has 1 aromatic heterocycles. The number of ether oxygens (including phenoxy) is 1. The SMILES string of the molecule is [N-]=[N+]=Nc1cccc(OC2CC(C(=O)Nc3nccs3)C2)c1[N+](=O)[O-]. The van der Waals surface area contributed by atoms with Gasteiger partial charge in [-0.2, -0.15) is 0 Å². The van der Waals surface area contributed by atoms with Crippen LogP contribution < -0.4 is 10.1 Å². The normalized spacial score (nSPS) is 18.6. The minimum atomic E-state index is -0.648. The molecule has 2 aromatic rings. The molecule has 1 aliphatic rings. The van der Waals surface area contributed by atoms with Gasteiger partial charge in [0.1, 0.15) is 11.8 Å². The maximum absolute atomic E-state index is 12.0. The molecule has 0 bridgehead atoms. The van der Waals surface area contributed by atoms with Gasteiger partial charge in [0.15, 0.2) is 10.9 Å². The van der Waals surface area contributed by atoms with Crippen molar-refractivity contribution in [3.05, 3.63) is 50.3 Å². The predicted octanol–water partition coefficient (Wildman–Crippen LogP) is 3.79. The summed E-state index contributed by atoms with van der Waals surface area (Å²) in [6, 6.07) is 4.30. The molecule has 0 aliphatic heterocycles. The molecule has 0 unspecified atom stereocenters. The maximum Gasteiger partial charge on any atom is 0.320 e.